The predicted octanol–water partition coefficient (Wildman–Crippen LogP) is 7.59. The maximum atomic E-state index is 14.2. The Morgan fingerprint density at radius 2 is 0.974 bits per heavy atom. The predicted molar refractivity (Wildman–Crippen MR) is 100 cm³/mol. The molecule has 2 aromatic carbocycles. The number of rotatable bonds is 9. The van der Waals surface area contributed by atoms with Crippen LogP contribution < -0.4 is 5.32 Å². The van der Waals surface area contributed by atoms with Crippen LogP contribution in [0.2, 0.25) is 0 Å². The Balaban J connectivity index is 2.47. The molecule has 0 aromatic heterocycles. The topological polar surface area (TPSA) is 29.1 Å². The summed E-state index contributed by atoms with van der Waals surface area (Å²) in [5.41, 5.74) is -0.453. The second-order valence-electron chi connectivity index (χ2n) is 7.72. The standard InChI is InChI=1S/C21H12F15NO/c22-15(23,14(38)37-13-9-5-4-8-12(13)10-11-6-2-1-3-7-11)16(24,25)17(26,27)18(28,29)19(30,31)20(32,33)21(34,35)36/h1-9H,10H2,(H,37,38). The van der Waals surface area contributed by atoms with Crippen molar-refractivity contribution in [2.24, 2.45) is 0 Å². The number of anilines is 1. The molecule has 0 saturated carbocycles. The molecule has 0 aliphatic heterocycles. The van der Waals surface area contributed by atoms with Crippen LogP contribution in [0, 0.1) is 0 Å². The third-order valence-electron chi connectivity index (χ3n) is 5.12. The van der Waals surface area contributed by atoms with Crippen LogP contribution in [-0.4, -0.2) is 47.6 Å². The van der Waals surface area contributed by atoms with E-state index in [4.69, 9.17) is 0 Å². The molecule has 1 N–H and O–H groups in total. The molecule has 0 atom stereocenters. The SMILES string of the molecule is O=C(Nc1ccccc1Cc1ccccc1)C(F)(F)C(F)(F)C(F)(F)C(F)(F)C(F)(F)C(F)(F)C(F)(F)F. The van der Waals surface area contributed by atoms with Crippen molar-refractivity contribution in [2.45, 2.75) is 48.1 Å². The van der Waals surface area contributed by atoms with E-state index in [0.717, 1.165) is 23.5 Å². The number of hydrogen-bond acceptors (Lipinski definition) is 1. The van der Waals surface area contributed by atoms with E-state index in [9.17, 15) is 70.7 Å². The summed E-state index contributed by atoms with van der Waals surface area (Å²) in [6.45, 7) is 0. The van der Waals surface area contributed by atoms with Crippen molar-refractivity contribution in [1.82, 2.24) is 0 Å². The summed E-state index contributed by atoms with van der Waals surface area (Å²) in [6, 6.07) is 11.7. The highest BCUT2D eigenvalue weighted by atomic mass is 19.4. The molecule has 212 valence electrons. The van der Waals surface area contributed by atoms with Crippen LogP contribution in [0.5, 0.6) is 0 Å². The molecule has 2 aromatic rings. The zero-order chi connectivity index (χ0) is 29.6. The van der Waals surface area contributed by atoms with E-state index in [1.807, 2.05) is 0 Å². The van der Waals surface area contributed by atoms with Crippen LogP contribution in [0.15, 0.2) is 54.6 Å². The summed E-state index contributed by atoms with van der Waals surface area (Å²) in [7, 11) is 0. The van der Waals surface area contributed by atoms with Crippen molar-refractivity contribution >= 4 is 11.6 Å². The van der Waals surface area contributed by atoms with E-state index in [1.165, 1.54) is 30.3 Å². The summed E-state index contributed by atoms with van der Waals surface area (Å²) in [5.74, 6) is -51.7. The number of halogens is 15. The lowest BCUT2D eigenvalue weighted by Gasteiger charge is -2.41. The minimum atomic E-state index is -8.46. The first-order valence-corrected chi connectivity index (χ1v) is 9.73. The molecule has 0 aliphatic carbocycles. The third kappa shape index (κ3) is 4.74. The smallest absolute Gasteiger partial charge is 0.320 e. The van der Waals surface area contributed by atoms with E-state index in [0.29, 0.717) is 5.56 Å². The first-order valence-electron chi connectivity index (χ1n) is 9.73. The highest BCUT2D eigenvalue weighted by Crippen LogP contribution is 2.62. The fraction of sp³-hybridized carbons (Fsp3) is 0.381. The molecular formula is C21H12F15NO. The summed E-state index contributed by atoms with van der Waals surface area (Å²) < 4.78 is 200. The van der Waals surface area contributed by atoms with Crippen LogP contribution in [0.3, 0.4) is 0 Å². The number of alkyl halides is 15. The number of hydrogen-bond donors (Lipinski definition) is 1. The van der Waals surface area contributed by atoms with Crippen molar-refractivity contribution < 1.29 is 70.7 Å². The molecule has 0 aliphatic rings. The molecule has 0 unspecified atom stereocenters. The van der Waals surface area contributed by atoms with E-state index in [-0.39, 0.29) is 12.0 Å². The average molecular weight is 579 g/mol. The van der Waals surface area contributed by atoms with Gasteiger partial charge in [-0.05, 0) is 23.6 Å². The number of benzene rings is 2. The Hall–Kier alpha value is -3.14. The lowest BCUT2D eigenvalue weighted by atomic mass is 9.90. The van der Waals surface area contributed by atoms with Crippen LogP contribution >= 0.6 is 0 Å². The molecule has 0 spiro atoms. The van der Waals surface area contributed by atoms with Crippen LogP contribution in [0.1, 0.15) is 11.1 Å². The van der Waals surface area contributed by atoms with E-state index in [1.54, 1.807) is 6.07 Å². The average Bonchev–Trinajstić information content (AvgIpc) is 2.79. The Kier molecular flexibility index (Phi) is 7.81. The molecule has 1 amide bonds. The summed E-state index contributed by atoms with van der Waals surface area (Å²) in [6.07, 6.45) is -7.90. The number of nitrogens with one attached hydrogen (secondary N) is 1. The van der Waals surface area contributed by atoms with Crippen molar-refractivity contribution in [3.8, 4) is 0 Å². The van der Waals surface area contributed by atoms with Gasteiger partial charge in [0, 0.05) is 5.69 Å². The van der Waals surface area contributed by atoms with E-state index < -0.39 is 53.3 Å². The zero-order valence-corrected chi connectivity index (χ0v) is 18.0. The van der Waals surface area contributed by atoms with Gasteiger partial charge < -0.3 is 5.32 Å². The lowest BCUT2D eigenvalue weighted by Crippen LogP contribution is -2.73. The maximum absolute atomic E-state index is 14.2. The number of para-hydroxylation sites is 1. The Bertz CT molecular complexity index is 1140. The third-order valence-corrected chi connectivity index (χ3v) is 5.12. The fourth-order valence-corrected chi connectivity index (χ4v) is 2.92. The van der Waals surface area contributed by atoms with Crippen molar-refractivity contribution in [3.05, 3.63) is 65.7 Å². The molecule has 0 bridgehead atoms. The van der Waals surface area contributed by atoms with Gasteiger partial charge in [0.05, 0.1) is 0 Å². The quantitative estimate of drug-likeness (QED) is 0.305. The molecule has 38 heavy (non-hydrogen) atoms. The number of carbonyl (C=O) groups excluding carboxylic acids is 1. The van der Waals surface area contributed by atoms with Gasteiger partial charge in [-0.15, -0.1) is 0 Å². The number of amides is 1. The Labute approximate surface area is 202 Å². The van der Waals surface area contributed by atoms with Crippen LogP contribution in [0.4, 0.5) is 71.5 Å². The van der Waals surface area contributed by atoms with E-state index >= 15 is 0 Å². The second-order valence-corrected chi connectivity index (χ2v) is 7.72. The summed E-state index contributed by atoms with van der Waals surface area (Å²) in [5, 5.41) is 1.03. The fourth-order valence-electron chi connectivity index (χ4n) is 2.92. The number of carbonyl (C=O) groups is 1. The van der Waals surface area contributed by atoms with E-state index in [2.05, 4.69) is 0 Å². The van der Waals surface area contributed by atoms with Gasteiger partial charge in [-0.1, -0.05) is 48.5 Å². The van der Waals surface area contributed by atoms with Gasteiger partial charge in [0.25, 0.3) is 0 Å². The van der Waals surface area contributed by atoms with Gasteiger partial charge in [-0.2, -0.15) is 65.9 Å². The largest absolute Gasteiger partial charge is 0.460 e. The van der Waals surface area contributed by atoms with Crippen LogP contribution in [-0.2, 0) is 11.2 Å². The molecule has 0 radical (unpaired) electrons. The summed E-state index contributed by atoms with van der Waals surface area (Å²) >= 11 is 0. The van der Waals surface area contributed by atoms with Crippen molar-refractivity contribution in [2.75, 3.05) is 5.32 Å². The van der Waals surface area contributed by atoms with Gasteiger partial charge in [0.1, 0.15) is 0 Å². The second kappa shape index (κ2) is 9.55. The summed E-state index contributed by atoms with van der Waals surface area (Å²) in [4.78, 5) is 11.8. The highest BCUT2D eigenvalue weighted by molar-refractivity contribution is 5.97. The molecule has 2 nitrogen and oxygen atoms in total. The molecular weight excluding hydrogens is 567 g/mol. The van der Waals surface area contributed by atoms with Gasteiger partial charge in [0.15, 0.2) is 0 Å². The monoisotopic (exact) mass is 579 g/mol. The zero-order valence-electron chi connectivity index (χ0n) is 18.0. The van der Waals surface area contributed by atoms with Crippen LogP contribution in [0.25, 0.3) is 0 Å². The lowest BCUT2D eigenvalue weighted by molar-refractivity contribution is -0.449. The molecule has 0 saturated heterocycles. The molecule has 17 heteroatoms. The van der Waals surface area contributed by atoms with Crippen molar-refractivity contribution in [1.29, 1.82) is 0 Å². The first kappa shape index (κ1) is 31.1. The Morgan fingerprint density at radius 3 is 1.47 bits per heavy atom. The highest BCUT2D eigenvalue weighted by Gasteiger charge is 2.94. The van der Waals surface area contributed by atoms with Crippen molar-refractivity contribution in [3.63, 3.8) is 0 Å². The van der Waals surface area contributed by atoms with Gasteiger partial charge in [0.2, 0.25) is 0 Å². The minimum Gasteiger partial charge on any atom is -0.320 e. The van der Waals surface area contributed by atoms with Gasteiger partial charge in [-0.3, -0.25) is 4.79 Å². The molecule has 0 fully saturated rings. The van der Waals surface area contributed by atoms with Gasteiger partial charge in [-0.25, -0.2) is 0 Å². The maximum Gasteiger partial charge on any atom is 0.460 e. The van der Waals surface area contributed by atoms with Gasteiger partial charge >= 0.3 is 47.6 Å². The Morgan fingerprint density at radius 1 is 0.553 bits per heavy atom. The first-order chi connectivity index (χ1) is 17.0. The normalized spacial score (nSPS) is 14.4. The molecule has 2 rings (SSSR count). The molecule has 0 heterocycles. The minimum absolute atomic E-state index is 0.125.